The van der Waals surface area contributed by atoms with Crippen molar-refractivity contribution in [3.63, 3.8) is 0 Å². The Morgan fingerprint density at radius 3 is 2.17 bits per heavy atom. The molecule has 23 heavy (non-hydrogen) atoms. The number of benzene rings is 2. The van der Waals surface area contributed by atoms with Gasteiger partial charge in [0.15, 0.2) is 0 Å². The summed E-state index contributed by atoms with van der Waals surface area (Å²) in [7, 11) is 0. The fraction of sp³-hybridized carbons (Fsp3) is 0.200. The van der Waals surface area contributed by atoms with Crippen LogP contribution in [0.4, 0.5) is 0 Å². The molecule has 0 atom stereocenters. The quantitative estimate of drug-likeness (QED) is 0.363. The van der Waals surface area contributed by atoms with Crippen molar-refractivity contribution >= 4 is 12.0 Å². The number of hydrogen-bond acceptors (Lipinski definition) is 3. The van der Waals surface area contributed by atoms with E-state index in [1.165, 1.54) is 6.08 Å². The van der Waals surface area contributed by atoms with E-state index in [0.717, 1.165) is 11.1 Å². The van der Waals surface area contributed by atoms with Crippen molar-refractivity contribution in [2.45, 2.75) is 26.2 Å². The largest absolute Gasteiger partial charge is 0.422 e. The zero-order chi connectivity index (χ0) is 16.9. The van der Waals surface area contributed by atoms with Crippen LogP contribution in [0.3, 0.4) is 0 Å². The summed E-state index contributed by atoms with van der Waals surface area (Å²) in [5, 5.41) is 9.17. The molecular weight excluding hydrogens is 286 g/mol. The third-order valence-corrected chi connectivity index (χ3v) is 3.38. The first-order valence-electron chi connectivity index (χ1n) is 7.40. The van der Waals surface area contributed by atoms with Crippen LogP contribution in [0.25, 0.3) is 6.08 Å². The van der Waals surface area contributed by atoms with Gasteiger partial charge in [-0.1, -0.05) is 63.2 Å². The number of nitriles is 1. The normalized spacial score (nSPS) is 11.7. The van der Waals surface area contributed by atoms with Crippen LogP contribution in [0, 0.1) is 11.3 Å². The highest BCUT2D eigenvalue weighted by Gasteiger charge is 2.15. The van der Waals surface area contributed by atoms with E-state index >= 15 is 0 Å². The van der Waals surface area contributed by atoms with E-state index in [0.29, 0.717) is 5.75 Å². The SMILES string of the molecule is CC(C)(C)c1ccc(OC(=O)/C(C#N)=C/c2ccccc2)cc1. The molecule has 0 saturated carbocycles. The Kier molecular flexibility index (Phi) is 4.98. The Bertz CT molecular complexity index is 745. The summed E-state index contributed by atoms with van der Waals surface area (Å²) in [4.78, 5) is 12.1. The molecule has 0 aliphatic carbocycles. The Morgan fingerprint density at radius 1 is 1.04 bits per heavy atom. The van der Waals surface area contributed by atoms with E-state index < -0.39 is 5.97 Å². The summed E-state index contributed by atoms with van der Waals surface area (Å²) in [5.41, 5.74) is 1.94. The van der Waals surface area contributed by atoms with Crippen LogP contribution >= 0.6 is 0 Å². The van der Waals surface area contributed by atoms with Crippen LogP contribution in [0.1, 0.15) is 31.9 Å². The van der Waals surface area contributed by atoms with Crippen molar-refractivity contribution < 1.29 is 9.53 Å². The Labute approximate surface area is 136 Å². The zero-order valence-corrected chi connectivity index (χ0v) is 13.5. The zero-order valence-electron chi connectivity index (χ0n) is 13.5. The predicted molar refractivity (Wildman–Crippen MR) is 90.8 cm³/mol. The molecule has 2 aromatic rings. The van der Waals surface area contributed by atoms with Crippen molar-refractivity contribution in [1.82, 2.24) is 0 Å². The van der Waals surface area contributed by atoms with Gasteiger partial charge in [0.1, 0.15) is 17.4 Å². The minimum atomic E-state index is -0.653. The lowest BCUT2D eigenvalue weighted by atomic mass is 9.87. The van der Waals surface area contributed by atoms with Gasteiger partial charge >= 0.3 is 5.97 Å². The molecule has 0 heterocycles. The molecule has 2 aromatic carbocycles. The lowest BCUT2D eigenvalue weighted by Gasteiger charge is -2.18. The lowest BCUT2D eigenvalue weighted by molar-refractivity contribution is -0.129. The summed E-state index contributed by atoms with van der Waals surface area (Å²) < 4.78 is 5.28. The van der Waals surface area contributed by atoms with Gasteiger partial charge in [-0.25, -0.2) is 4.79 Å². The monoisotopic (exact) mass is 305 g/mol. The van der Waals surface area contributed by atoms with E-state index in [-0.39, 0.29) is 11.0 Å². The van der Waals surface area contributed by atoms with E-state index in [4.69, 9.17) is 10.00 Å². The molecule has 0 amide bonds. The maximum Gasteiger partial charge on any atom is 0.354 e. The first-order chi connectivity index (χ1) is 10.9. The Hall–Kier alpha value is -2.86. The summed E-state index contributed by atoms with van der Waals surface area (Å²) in [6.45, 7) is 6.35. The molecule has 0 N–H and O–H groups in total. The van der Waals surface area contributed by atoms with Gasteiger partial charge in [0.25, 0.3) is 0 Å². The van der Waals surface area contributed by atoms with Gasteiger partial charge in [-0.2, -0.15) is 5.26 Å². The second kappa shape index (κ2) is 6.93. The minimum Gasteiger partial charge on any atom is -0.422 e. The first kappa shape index (κ1) is 16.5. The summed E-state index contributed by atoms with van der Waals surface area (Å²) in [5.74, 6) is -0.225. The fourth-order valence-electron chi connectivity index (χ4n) is 2.04. The number of carbonyl (C=O) groups excluding carboxylic acids is 1. The van der Waals surface area contributed by atoms with Gasteiger partial charge < -0.3 is 4.74 Å². The lowest BCUT2D eigenvalue weighted by Crippen LogP contribution is -2.12. The van der Waals surface area contributed by atoms with Gasteiger partial charge in [-0.05, 0) is 34.8 Å². The van der Waals surface area contributed by atoms with Crippen LogP contribution in [0.5, 0.6) is 5.75 Å². The van der Waals surface area contributed by atoms with E-state index in [1.807, 2.05) is 48.5 Å². The number of nitrogens with zero attached hydrogens (tertiary/aromatic N) is 1. The van der Waals surface area contributed by atoms with Crippen molar-refractivity contribution in [1.29, 1.82) is 5.26 Å². The van der Waals surface area contributed by atoms with Crippen LogP contribution in [0.2, 0.25) is 0 Å². The molecule has 0 bridgehead atoms. The molecule has 0 saturated heterocycles. The molecule has 2 rings (SSSR count). The molecule has 0 aliphatic rings. The number of rotatable bonds is 3. The van der Waals surface area contributed by atoms with Gasteiger partial charge in [0.2, 0.25) is 0 Å². The second-order valence-electron chi connectivity index (χ2n) is 6.24. The van der Waals surface area contributed by atoms with Crippen molar-refractivity contribution in [3.05, 3.63) is 71.3 Å². The van der Waals surface area contributed by atoms with Gasteiger partial charge in [0, 0.05) is 0 Å². The molecule has 3 heteroatoms. The van der Waals surface area contributed by atoms with Crippen LogP contribution in [0.15, 0.2) is 60.2 Å². The molecule has 0 fully saturated rings. The van der Waals surface area contributed by atoms with Crippen LogP contribution in [-0.4, -0.2) is 5.97 Å². The van der Waals surface area contributed by atoms with Crippen LogP contribution in [-0.2, 0) is 10.2 Å². The van der Waals surface area contributed by atoms with E-state index in [1.54, 1.807) is 12.1 Å². The van der Waals surface area contributed by atoms with E-state index in [2.05, 4.69) is 20.8 Å². The smallest absolute Gasteiger partial charge is 0.354 e. The summed E-state index contributed by atoms with van der Waals surface area (Å²) in [6.07, 6.45) is 1.52. The summed E-state index contributed by atoms with van der Waals surface area (Å²) in [6, 6.07) is 18.4. The molecule has 0 aliphatic heterocycles. The third kappa shape index (κ3) is 4.55. The average molecular weight is 305 g/mol. The molecular formula is C20H19NO2. The van der Waals surface area contributed by atoms with Gasteiger partial charge in [-0.3, -0.25) is 0 Å². The predicted octanol–water partition coefficient (Wildman–Crippen LogP) is 4.50. The third-order valence-electron chi connectivity index (χ3n) is 3.38. The molecule has 116 valence electrons. The van der Waals surface area contributed by atoms with Crippen molar-refractivity contribution in [3.8, 4) is 11.8 Å². The maximum atomic E-state index is 12.1. The van der Waals surface area contributed by atoms with Gasteiger partial charge in [0.05, 0.1) is 0 Å². The Balaban J connectivity index is 2.14. The molecule has 0 spiro atoms. The molecule has 3 nitrogen and oxygen atoms in total. The van der Waals surface area contributed by atoms with E-state index in [9.17, 15) is 4.79 Å². The highest BCUT2D eigenvalue weighted by molar-refractivity contribution is 5.99. The summed E-state index contributed by atoms with van der Waals surface area (Å²) >= 11 is 0. The minimum absolute atomic E-state index is 0.0314. The number of carbonyl (C=O) groups is 1. The highest BCUT2D eigenvalue weighted by Crippen LogP contribution is 2.24. The number of esters is 1. The topological polar surface area (TPSA) is 50.1 Å². The second-order valence-corrected chi connectivity index (χ2v) is 6.24. The average Bonchev–Trinajstić information content (AvgIpc) is 2.53. The van der Waals surface area contributed by atoms with Crippen molar-refractivity contribution in [2.24, 2.45) is 0 Å². The fourth-order valence-corrected chi connectivity index (χ4v) is 2.04. The molecule has 0 radical (unpaired) electrons. The van der Waals surface area contributed by atoms with Gasteiger partial charge in [-0.15, -0.1) is 0 Å². The number of ether oxygens (including phenoxy) is 1. The first-order valence-corrected chi connectivity index (χ1v) is 7.40. The number of hydrogen-bond donors (Lipinski definition) is 0. The van der Waals surface area contributed by atoms with Crippen LogP contribution < -0.4 is 4.74 Å². The van der Waals surface area contributed by atoms with Crippen molar-refractivity contribution in [2.75, 3.05) is 0 Å². The standard InChI is InChI=1S/C20H19NO2/c1-20(2,3)17-9-11-18(12-10-17)23-19(22)16(14-21)13-15-7-5-4-6-8-15/h4-13H,1-3H3/b16-13+. The highest BCUT2D eigenvalue weighted by atomic mass is 16.5. The molecule has 0 aromatic heterocycles. The molecule has 0 unspecified atom stereocenters. The maximum absolute atomic E-state index is 12.1. The Morgan fingerprint density at radius 2 is 1.65 bits per heavy atom.